The molecule has 7 heteroatoms. The fourth-order valence-corrected chi connectivity index (χ4v) is 3.30. The topological polar surface area (TPSA) is 54.7 Å². The van der Waals surface area contributed by atoms with Gasteiger partial charge in [-0.3, -0.25) is 5.10 Å². The Morgan fingerprint density at radius 2 is 2.20 bits per heavy atom. The van der Waals surface area contributed by atoms with Crippen LogP contribution in [0.3, 0.4) is 0 Å². The highest BCUT2D eigenvalue weighted by molar-refractivity contribution is 9.11. The molecule has 3 aromatic rings. The van der Waals surface area contributed by atoms with Crippen LogP contribution in [0, 0.1) is 5.82 Å². The van der Waals surface area contributed by atoms with E-state index in [4.69, 9.17) is 17.3 Å². The molecule has 20 heavy (non-hydrogen) atoms. The van der Waals surface area contributed by atoms with E-state index in [9.17, 15) is 4.39 Å². The number of rotatable bonds is 2. The molecule has 0 aliphatic rings. The van der Waals surface area contributed by atoms with Crippen LogP contribution in [0.5, 0.6) is 0 Å². The van der Waals surface area contributed by atoms with Crippen LogP contribution in [0.1, 0.15) is 0 Å². The Morgan fingerprint density at radius 3 is 2.90 bits per heavy atom. The van der Waals surface area contributed by atoms with E-state index in [0.717, 1.165) is 9.35 Å². The predicted octanol–water partition coefficient (Wildman–Crippen LogP) is 4.94. The molecule has 0 amide bonds. The van der Waals surface area contributed by atoms with Crippen LogP contribution in [-0.2, 0) is 0 Å². The molecule has 0 atom stereocenters. The first-order valence-electron chi connectivity index (χ1n) is 5.60. The third-order valence-corrected chi connectivity index (χ3v) is 4.67. The molecular weight excluding hydrogens is 365 g/mol. The van der Waals surface area contributed by atoms with Gasteiger partial charge in [-0.05, 0) is 28.1 Å². The number of nitrogens with two attached hydrogens (primary N) is 1. The lowest BCUT2D eigenvalue weighted by molar-refractivity contribution is 0.632. The molecule has 2 heterocycles. The molecule has 0 saturated carbocycles. The van der Waals surface area contributed by atoms with Gasteiger partial charge in [0.25, 0.3) is 0 Å². The van der Waals surface area contributed by atoms with Crippen molar-refractivity contribution in [1.82, 2.24) is 10.2 Å². The van der Waals surface area contributed by atoms with Crippen LogP contribution in [0.2, 0.25) is 5.02 Å². The molecular formula is C13H8BrClFN3S. The first kappa shape index (κ1) is 13.6. The van der Waals surface area contributed by atoms with E-state index in [1.165, 1.54) is 17.4 Å². The molecule has 0 unspecified atom stereocenters. The minimum absolute atomic E-state index is 0.0561. The van der Waals surface area contributed by atoms with Crippen molar-refractivity contribution in [3.05, 3.63) is 44.3 Å². The van der Waals surface area contributed by atoms with Gasteiger partial charge in [0.1, 0.15) is 5.82 Å². The Bertz CT molecular complexity index is 784. The number of aromatic amines is 1. The number of halogens is 3. The highest BCUT2D eigenvalue weighted by Crippen LogP contribution is 2.39. The summed E-state index contributed by atoms with van der Waals surface area (Å²) in [6.45, 7) is 0. The average molecular weight is 373 g/mol. The Morgan fingerprint density at radius 1 is 1.40 bits per heavy atom. The Hall–Kier alpha value is -1.37. The second-order valence-corrected chi connectivity index (χ2v) is 6.80. The molecule has 0 spiro atoms. The van der Waals surface area contributed by atoms with E-state index in [1.54, 1.807) is 12.1 Å². The summed E-state index contributed by atoms with van der Waals surface area (Å²) >= 11 is 10.8. The summed E-state index contributed by atoms with van der Waals surface area (Å²) in [5, 5.41) is 8.82. The van der Waals surface area contributed by atoms with Gasteiger partial charge in [-0.15, -0.1) is 11.3 Å². The second-order valence-electron chi connectivity index (χ2n) is 4.10. The van der Waals surface area contributed by atoms with Gasteiger partial charge in [0.2, 0.25) is 0 Å². The van der Waals surface area contributed by atoms with Gasteiger partial charge in [0.15, 0.2) is 5.82 Å². The van der Waals surface area contributed by atoms with Gasteiger partial charge >= 0.3 is 0 Å². The summed E-state index contributed by atoms with van der Waals surface area (Å²) in [6.07, 6.45) is 0. The highest BCUT2D eigenvalue weighted by atomic mass is 79.9. The lowest BCUT2D eigenvalue weighted by Gasteiger charge is -2.06. The largest absolute Gasteiger partial charge is 0.382 e. The lowest BCUT2D eigenvalue weighted by Crippen LogP contribution is -1.92. The Kier molecular flexibility index (Phi) is 3.54. The third kappa shape index (κ3) is 2.24. The summed E-state index contributed by atoms with van der Waals surface area (Å²) in [7, 11) is 0. The smallest absolute Gasteiger partial charge is 0.153 e. The standard InChI is InChI=1S/C13H8BrClFN3S/c14-9-4-6(5-20-9)12-10(13(17)19-18-12)7-2-1-3-8(15)11(7)16/h1-5H,(H3,17,18,19). The number of nitrogens with one attached hydrogen (secondary N) is 1. The van der Waals surface area contributed by atoms with Crippen molar-refractivity contribution in [1.29, 1.82) is 0 Å². The molecule has 3 nitrogen and oxygen atoms in total. The van der Waals surface area contributed by atoms with Gasteiger partial charge in [0.05, 0.1) is 20.1 Å². The molecule has 1 aromatic carbocycles. The third-order valence-electron chi connectivity index (χ3n) is 2.87. The number of benzene rings is 1. The molecule has 3 rings (SSSR count). The highest BCUT2D eigenvalue weighted by Gasteiger charge is 2.19. The molecule has 0 aliphatic carbocycles. The molecule has 3 N–H and O–H groups in total. The number of nitrogens with zero attached hydrogens (tertiary/aromatic N) is 1. The van der Waals surface area contributed by atoms with Crippen LogP contribution >= 0.6 is 38.9 Å². The Balaban J connectivity index is 2.24. The zero-order chi connectivity index (χ0) is 14.3. The minimum Gasteiger partial charge on any atom is -0.382 e. The number of hydrogen-bond donors (Lipinski definition) is 2. The molecule has 0 bridgehead atoms. The van der Waals surface area contributed by atoms with Crippen LogP contribution in [0.15, 0.2) is 33.4 Å². The molecule has 0 radical (unpaired) electrons. The van der Waals surface area contributed by atoms with E-state index < -0.39 is 5.82 Å². The van der Waals surface area contributed by atoms with E-state index in [1.807, 2.05) is 11.4 Å². The van der Waals surface area contributed by atoms with Gasteiger partial charge in [-0.25, -0.2) is 4.39 Å². The minimum atomic E-state index is -0.502. The number of H-pyrrole nitrogens is 1. The van der Waals surface area contributed by atoms with Gasteiger partial charge < -0.3 is 5.73 Å². The van der Waals surface area contributed by atoms with Gasteiger partial charge in [-0.2, -0.15) is 5.10 Å². The number of nitrogen functional groups attached to an aromatic ring is 1. The van der Waals surface area contributed by atoms with E-state index in [0.29, 0.717) is 16.8 Å². The van der Waals surface area contributed by atoms with Crippen molar-refractivity contribution < 1.29 is 4.39 Å². The van der Waals surface area contributed by atoms with E-state index >= 15 is 0 Å². The van der Waals surface area contributed by atoms with E-state index in [-0.39, 0.29) is 10.8 Å². The zero-order valence-corrected chi connectivity index (χ0v) is 13.1. The summed E-state index contributed by atoms with van der Waals surface area (Å²) in [6, 6.07) is 6.73. The second kappa shape index (κ2) is 5.20. The SMILES string of the molecule is Nc1n[nH]c(-c2csc(Br)c2)c1-c1cccc(Cl)c1F. The summed E-state index contributed by atoms with van der Waals surface area (Å²) < 4.78 is 15.2. The summed E-state index contributed by atoms with van der Waals surface area (Å²) in [5.74, 6) is -0.263. The molecule has 0 fully saturated rings. The number of hydrogen-bond acceptors (Lipinski definition) is 3. The maximum absolute atomic E-state index is 14.2. The van der Waals surface area contributed by atoms with Crippen LogP contribution < -0.4 is 5.73 Å². The van der Waals surface area contributed by atoms with Crippen molar-refractivity contribution >= 4 is 44.7 Å². The maximum Gasteiger partial charge on any atom is 0.153 e. The van der Waals surface area contributed by atoms with Crippen LogP contribution in [0.25, 0.3) is 22.4 Å². The molecule has 0 aliphatic heterocycles. The summed E-state index contributed by atoms with van der Waals surface area (Å²) in [5.41, 5.74) is 8.29. The van der Waals surface area contributed by atoms with Gasteiger partial charge in [0, 0.05) is 16.5 Å². The fraction of sp³-hybridized carbons (Fsp3) is 0. The first-order valence-corrected chi connectivity index (χ1v) is 7.65. The van der Waals surface area contributed by atoms with E-state index in [2.05, 4.69) is 26.1 Å². The monoisotopic (exact) mass is 371 g/mol. The average Bonchev–Trinajstić information content (AvgIpc) is 2.99. The van der Waals surface area contributed by atoms with Gasteiger partial charge in [-0.1, -0.05) is 23.7 Å². The zero-order valence-electron chi connectivity index (χ0n) is 9.95. The van der Waals surface area contributed by atoms with Crippen molar-refractivity contribution in [2.24, 2.45) is 0 Å². The van der Waals surface area contributed by atoms with Crippen molar-refractivity contribution in [3.63, 3.8) is 0 Å². The fourth-order valence-electron chi connectivity index (χ4n) is 1.98. The quantitative estimate of drug-likeness (QED) is 0.669. The molecule has 0 saturated heterocycles. The first-order chi connectivity index (χ1) is 9.58. The molecule has 102 valence electrons. The van der Waals surface area contributed by atoms with Crippen molar-refractivity contribution in [2.45, 2.75) is 0 Å². The number of anilines is 1. The number of thiophene rings is 1. The normalized spacial score (nSPS) is 10.9. The lowest BCUT2D eigenvalue weighted by atomic mass is 10.0. The number of aromatic nitrogens is 2. The van der Waals surface area contributed by atoms with Crippen LogP contribution in [0.4, 0.5) is 10.2 Å². The van der Waals surface area contributed by atoms with Crippen LogP contribution in [-0.4, -0.2) is 10.2 Å². The molecule has 2 aromatic heterocycles. The Labute approximate surface area is 131 Å². The van der Waals surface area contributed by atoms with Crippen molar-refractivity contribution in [3.8, 4) is 22.4 Å². The predicted molar refractivity (Wildman–Crippen MR) is 84.4 cm³/mol. The summed E-state index contributed by atoms with van der Waals surface area (Å²) in [4.78, 5) is 0. The maximum atomic E-state index is 14.2. The van der Waals surface area contributed by atoms with Crippen molar-refractivity contribution in [2.75, 3.05) is 5.73 Å².